The normalized spacial score (nSPS) is 17.2. The van der Waals surface area contributed by atoms with Crippen molar-refractivity contribution >= 4 is 24.7 Å². The molecular formula is C20H21N3O5. The van der Waals surface area contributed by atoms with Crippen LogP contribution in [0.1, 0.15) is 12.0 Å². The first-order valence-electron chi connectivity index (χ1n) is 8.51. The Bertz CT molecular complexity index is 812. The molecule has 8 heteroatoms. The maximum Gasteiger partial charge on any atom is 0.412 e. The standard InChI is InChI=1S/C20H21N3O5/c1-27-19(25)18(22-20(26)28-14-17-7-3-2-4-8-17)13-16-9-5-11-21-23(15-24)12-6-10-16/h2-4,6-11,13,15H,5,12,14H2,1H3,(H,22,26)/b10-6?,16-9+,18-13-,21-11-. The highest BCUT2D eigenvalue weighted by molar-refractivity contribution is 5.92. The van der Waals surface area contributed by atoms with Gasteiger partial charge in [-0.25, -0.2) is 14.6 Å². The molecule has 28 heavy (non-hydrogen) atoms. The van der Waals surface area contributed by atoms with Crippen molar-refractivity contribution in [3.63, 3.8) is 0 Å². The van der Waals surface area contributed by atoms with Crippen molar-refractivity contribution in [1.29, 1.82) is 0 Å². The second kappa shape index (κ2) is 11.1. The first-order valence-corrected chi connectivity index (χ1v) is 8.51. The molecule has 146 valence electrons. The summed E-state index contributed by atoms with van der Waals surface area (Å²) in [5.41, 5.74) is 1.39. The average molecular weight is 383 g/mol. The van der Waals surface area contributed by atoms with Crippen molar-refractivity contribution in [2.45, 2.75) is 13.0 Å². The Morgan fingerprint density at radius 2 is 2.07 bits per heavy atom. The first kappa shape index (κ1) is 20.6. The highest BCUT2D eigenvalue weighted by Crippen LogP contribution is 2.08. The summed E-state index contributed by atoms with van der Waals surface area (Å²) in [5, 5.41) is 7.61. The van der Waals surface area contributed by atoms with E-state index in [0.29, 0.717) is 18.4 Å². The molecule has 0 aliphatic carbocycles. The maximum absolute atomic E-state index is 12.1. The fourth-order valence-corrected chi connectivity index (χ4v) is 2.22. The highest BCUT2D eigenvalue weighted by atomic mass is 16.6. The quantitative estimate of drug-likeness (QED) is 0.462. The largest absolute Gasteiger partial charge is 0.464 e. The van der Waals surface area contributed by atoms with Crippen LogP contribution in [0.4, 0.5) is 4.79 Å². The van der Waals surface area contributed by atoms with Crippen LogP contribution in [-0.4, -0.2) is 43.4 Å². The van der Waals surface area contributed by atoms with Crippen molar-refractivity contribution in [1.82, 2.24) is 10.3 Å². The van der Waals surface area contributed by atoms with Crippen molar-refractivity contribution in [3.8, 4) is 0 Å². The number of ether oxygens (including phenoxy) is 2. The lowest BCUT2D eigenvalue weighted by Crippen LogP contribution is -2.28. The fraction of sp³-hybridized carbons (Fsp3) is 0.200. The van der Waals surface area contributed by atoms with E-state index in [9.17, 15) is 14.4 Å². The van der Waals surface area contributed by atoms with Gasteiger partial charge in [0.2, 0.25) is 6.41 Å². The predicted octanol–water partition coefficient (Wildman–Crippen LogP) is 2.30. The summed E-state index contributed by atoms with van der Waals surface area (Å²) < 4.78 is 9.86. The number of rotatable bonds is 6. The van der Waals surface area contributed by atoms with E-state index >= 15 is 0 Å². The smallest absolute Gasteiger partial charge is 0.412 e. The van der Waals surface area contributed by atoms with Crippen LogP contribution >= 0.6 is 0 Å². The molecule has 0 saturated carbocycles. The lowest BCUT2D eigenvalue weighted by atomic mass is 10.1. The third-order valence-corrected chi connectivity index (χ3v) is 3.58. The second-order valence-corrected chi connectivity index (χ2v) is 5.60. The molecule has 2 rings (SSSR count). The number of carbonyl (C=O) groups is 3. The molecule has 1 aromatic rings. The minimum absolute atomic E-state index is 0.0695. The molecule has 8 nitrogen and oxygen atoms in total. The molecule has 1 aliphatic heterocycles. The number of alkyl carbamates (subject to hydrolysis) is 1. The average Bonchev–Trinajstić information content (AvgIpc) is 2.84. The predicted molar refractivity (Wildman–Crippen MR) is 103 cm³/mol. The third kappa shape index (κ3) is 6.91. The number of esters is 1. The Balaban J connectivity index is 2.08. The summed E-state index contributed by atoms with van der Waals surface area (Å²) in [6.07, 6.45) is 8.52. The zero-order valence-electron chi connectivity index (χ0n) is 15.4. The van der Waals surface area contributed by atoms with E-state index in [0.717, 1.165) is 5.56 Å². The number of amides is 2. The first-order chi connectivity index (χ1) is 13.6. The molecule has 1 heterocycles. The molecule has 1 N–H and O–H groups in total. The summed E-state index contributed by atoms with van der Waals surface area (Å²) in [5.74, 6) is -0.714. The van der Waals surface area contributed by atoms with Gasteiger partial charge in [-0.3, -0.25) is 10.1 Å². The number of allylic oxidation sites excluding steroid dienone is 4. The lowest BCUT2D eigenvalue weighted by Gasteiger charge is -2.09. The molecule has 2 amide bonds. The molecule has 0 bridgehead atoms. The summed E-state index contributed by atoms with van der Waals surface area (Å²) in [7, 11) is 1.22. The summed E-state index contributed by atoms with van der Waals surface area (Å²) in [6.45, 7) is 0.354. The van der Waals surface area contributed by atoms with Crippen LogP contribution in [0.15, 0.2) is 71.0 Å². The van der Waals surface area contributed by atoms with Crippen LogP contribution in [0.5, 0.6) is 0 Å². The van der Waals surface area contributed by atoms with E-state index in [-0.39, 0.29) is 18.8 Å². The summed E-state index contributed by atoms with van der Waals surface area (Å²) in [4.78, 5) is 34.9. The zero-order chi connectivity index (χ0) is 20.2. The van der Waals surface area contributed by atoms with Gasteiger partial charge in [-0.15, -0.1) is 0 Å². The van der Waals surface area contributed by atoms with E-state index in [1.807, 2.05) is 30.3 Å². The van der Waals surface area contributed by atoms with Gasteiger partial charge in [0.15, 0.2) is 0 Å². The van der Waals surface area contributed by atoms with Gasteiger partial charge in [0.05, 0.1) is 13.7 Å². The highest BCUT2D eigenvalue weighted by Gasteiger charge is 2.15. The van der Waals surface area contributed by atoms with E-state index in [4.69, 9.17) is 9.47 Å². The number of methoxy groups -OCH3 is 1. The van der Waals surface area contributed by atoms with Crippen LogP contribution < -0.4 is 5.32 Å². The minimum atomic E-state index is -0.776. The van der Waals surface area contributed by atoms with Crippen molar-refractivity contribution < 1.29 is 23.9 Å². The van der Waals surface area contributed by atoms with Gasteiger partial charge in [0.25, 0.3) is 0 Å². The summed E-state index contributed by atoms with van der Waals surface area (Å²) in [6, 6.07) is 9.17. The van der Waals surface area contributed by atoms with Gasteiger partial charge in [0, 0.05) is 12.6 Å². The Morgan fingerprint density at radius 1 is 1.29 bits per heavy atom. The van der Waals surface area contributed by atoms with Gasteiger partial charge >= 0.3 is 12.1 Å². The molecule has 0 atom stereocenters. The Hall–Kier alpha value is -3.68. The van der Waals surface area contributed by atoms with E-state index in [1.54, 1.807) is 24.4 Å². The Morgan fingerprint density at radius 3 is 2.79 bits per heavy atom. The molecule has 1 aliphatic rings. The number of hydrazone groups is 1. The number of hydrogen-bond donors (Lipinski definition) is 1. The number of carbonyl (C=O) groups excluding carboxylic acids is 3. The van der Waals surface area contributed by atoms with E-state index in [1.165, 1.54) is 18.2 Å². The molecular weight excluding hydrogens is 362 g/mol. The van der Waals surface area contributed by atoms with E-state index in [2.05, 4.69) is 10.4 Å². The van der Waals surface area contributed by atoms with Gasteiger partial charge < -0.3 is 9.47 Å². The number of nitrogens with one attached hydrogen (secondary N) is 1. The van der Waals surface area contributed by atoms with Gasteiger partial charge in [-0.2, -0.15) is 5.10 Å². The topological polar surface area (TPSA) is 97.3 Å². The molecule has 0 unspecified atom stereocenters. The number of benzene rings is 1. The fourth-order valence-electron chi connectivity index (χ4n) is 2.22. The van der Waals surface area contributed by atoms with Gasteiger partial charge in [-0.1, -0.05) is 48.6 Å². The second-order valence-electron chi connectivity index (χ2n) is 5.60. The summed E-state index contributed by atoms with van der Waals surface area (Å²) >= 11 is 0. The van der Waals surface area contributed by atoms with Crippen LogP contribution in [0.25, 0.3) is 0 Å². The molecule has 1 aromatic carbocycles. The minimum Gasteiger partial charge on any atom is -0.464 e. The lowest BCUT2D eigenvalue weighted by molar-refractivity contribution is -0.136. The SMILES string of the molecule is COC(=O)/C(=C/C1=C/C/C=N\N(C=O)CC=C1)NC(=O)OCc1ccccc1. The van der Waals surface area contributed by atoms with Crippen molar-refractivity contribution in [3.05, 3.63) is 71.5 Å². The monoisotopic (exact) mass is 383 g/mol. The van der Waals surface area contributed by atoms with Crippen molar-refractivity contribution in [2.75, 3.05) is 13.7 Å². The molecule has 0 spiro atoms. The van der Waals surface area contributed by atoms with Crippen LogP contribution in [0, 0.1) is 0 Å². The third-order valence-electron chi connectivity index (χ3n) is 3.58. The Labute approximate surface area is 162 Å². The molecule has 0 saturated heterocycles. The van der Waals surface area contributed by atoms with Gasteiger partial charge in [0.1, 0.15) is 12.3 Å². The van der Waals surface area contributed by atoms with Crippen LogP contribution in [-0.2, 0) is 25.7 Å². The maximum atomic E-state index is 12.1. The molecule has 0 aromatic heterocycles. The molecule has 0 radical (unpaired) electrons. The van der Waals surface area contributed by atoms with Crippen molar-refractivity contribution in [2.24, 2.45) is 5.10 Å². The van der Waals surface area contributed by atoms with E-state index < -0.39 is 12.1 Å². The van der Waals surface area contributed by atoms with Crippen LogP contribution in [0.3, 0.4) is 0 Å². The zero-order valence-corrected chi connectivity index (χ0v) is 15.4. The Kier molecular flexibility index (Phi) is 8.19. The van der Waals surface area contributed by atoms with Gasteiger partial charge in [-0.05, 0) is 17.2 Å². The molecule has 0 fully saturated rings. The number of hydrogen-bond acceptors (Lipinski definition) is 6. The van der Waals surface area contributed by atoms with Crippen LogP contribution in [0.2, 0.25) is 0 Å². The number of nitrogens with zero attached hydrogens (tertiary/aromatic N) is 2.